The summed E-state index contributed by atoms with van der Waals surface area (Å²) in [6.07, 6.45) is 7.11. The third kappa shape index (κ3) is 4.25. The Morgan fingerprint density at radius 1 is 1.09 bits per heavy atom. The van der Waals surface area contributed by atoms with E-state index < -0.39 is 11.2 Å². The van der Waals surface area contributed by atoms with Crippen molar-refractivity contribution in [3.8, 4) is 11.1 Å². The first-order valence-electron chi connectivity index (χ1n) is 11.2. The van der Waals surface area contributed by atoms with Crippen LogP contribution in [-0.4, -0.2) is 15.7 Å². The summed E-state index contributed by atoms with van der Waals surface area (Å²) < 4.78 is 19.7. The van der Waals surface area contributed by atoms with Gasteiger partial charge in [0.05, 0.1) is 5.60 Å². The number of thiazole rings is 1. The minimum Gasteiger partial charge on any atom is -0.423 e. The first-order chi connectivity index (χ1) is 16.0. The van der Waals surface area contributed by atoms with Gasteiger partial charge in [-0.3, -0.25) is 0 Å². The van der Waals surface area contributed by atoms with Crippen molar-refractivity contribution in [3.63, 3.8) is 0 Å². The quantitative estimate of drug-likeness (QED) is 0.315. The van der Waals surface area contributed by atoms with E-state index in [0.29, 0.717) is 29.4 Å². The third-order valence-electron chi connectivity index (χ3n) is 6.63. The van der Waals surface area contributed by atoms with Crippen LogP contribution in [0.15, 0.2) is 73.2 Å². The predicted molar refractivity (Wildman–Crippen MR) is 128 cm³/mol. The van der Waals surface area contributed by atoms with Gasteiger partial charge in [0, 0.05) is 33.8 Å². The SMILES string of the molecule is O=c1cc(-c2ccc(F)cc2)c2ccc(Sc3ncc(CC(O)(C4CC4)C4CC4)s3)cc2o1. The van der Waals surface area contributed by atoms with Crippen LogP contribution in [-0.2, 0) is 6.42 Å². The second-order valence-corrected chi connectivity index (χ2v) is 11.5. The van der Waals surface area contributed by atoms with Gasteiger partial charge in [-0.1, -0.05) is 23.9 Å². The lowest BCUT2D eigenvalue weighted by atomic mass is 9.88. The summed E-state index contributed by atoms with van der Waals surface area (Å²) >= 11 is 3.14. The van der Waals surface area contributed by atoms with E-state index in [1.807, 2.05) is 24.4 Å². The van der Waals surface area contributed by atoms with Crippen LogP contribution in [0.1, 0.15) is 30.6 Å². The molecule has 6 rings (SSSR count). The highest BCUT2D eigenvalue weighted by Gasteiger charge is 2.53. The zero-order valence-electron chi connectivity index (χ0n) is 17.8. The van der Waals surface area contributed by atoms with E-state index in [2.05, 4.69) is 4.98 Å². The van der Waals surface area contributed by atoms with Gasteiger partial charge in [-0.15, -0.1) is 11.3 Å². The first-order valence-corrected chi connectivity index (χ1v) is 12.8. The molecule has 0 bridgehead atoms. The molecular formula is C26H22FNO3S2. The lowest BCUT2D eigenvalue weighted by Gasteiger charge is -2.27. The molecule has 168 valence electrons. The van der Waals surface area contributed by atoms with Crippen LogP contribution >= 0.6 is 23.1 Å². The predicted octanol–water partition coefficient (Wildman–Crippen LogP) is 6.30. The van der Waals surface area contributed by atoms with Gasteiger partial charge in [0.2, 0.25) is 0 Å². The Labute approximate surface area is 198 Å². The fraction of sp³-hybridized carbons (Fsp3) is 0.308. The second kappa shape index (κ2) is 8.08. The number of hydrogen-bond donors (Lipinski definition) is 1. The van der Waals surface area contributed by atoms with Crippen LogP contribution in [0.5, 0.6) is 0 Å². The maximum atomic E-state index is 13.3. The number of fused-ring (bicyclic) bond motifs is 1. The number of aliphatic hydroxyl groups is 1. The number of benzene rings is 2. The number of aromatic nitrogens is 1. The Morgan fingerprint density at radius 2 is 1.82 bits per heavy atom. The fourth-order valence-corrected chi connectivity index (χ4v) is 6.79. The van der Waals surface area contributed by atoms with Crippen molar-refractivity contribution in [1.29, 1.82) is 0 Å². The Bertz CT molecular complexity index is 1370. The Kier molecular flexibility index (Phi) is 5.16. The number of hydrogen-bond acceptors (Lipinski definition) is 6. The summed E-state index contributed by atoms with van der Waals surface area (Å²) in [6.45, 7) is 0. The number of nitrogens with zero attached hydrogens (tertiary/aromatic N) is 1. The summed E-state index contributed by atoms with van der Waals surface area (Å²) in [5.74, 6) is 0.573. The molecule has 7 heteroatoms. The molecular weight excluding hydrogens is 457 g/mol. The van der Waals surface area contributed by atoms with Gasteiger partial charge in [-0.2, -0.15) is 0 Å². The molecule has 0 radical (unpaired) electrons. The lowest BCUT2D eigenvalue weighted by molar-refractivity contribution is -0.00385. The van der Waals surface area contributed by atoms with Crippen molar-refractivity contribution in [2.45, 2.75) is 46.9 Å². The molecule has 0 aliphatic heterocycles. The molecule has 0 saturated heterocycles. The van der Waals surface area contributed by atoms with Gasteiger partial charge in [-0.25, -0.2) is 14.2 Å². The van der Waals surface area contributed by atoms with E-state index in [4.69, 9.17) is 4.42 Å². The van der Waals surface area contributed by atoms with Crippen molar-refractivity contribution in [2.75, 3.05) is 0 Å². The van der Waals surface area contributed by atoms with E-state index in [-0.39, 0.29) is 5.82 Å². The van der Waals surface area contributed by atoms with Crippen LogP contribution in [0.25, 0.3) is 22.1 Å². The minimum absolute atomic E-state index is 0.319. The largest absolute Gasteiger partial charge is 0.423 e. The van der Waals surface area contributed by atoms with Crippen LogP contribution < -0.4 is 5.63 Å². The average Bonchev–Trinajstić information content (AvgIpc) is 3.71. The second-order valence-electron chi connectivity index (χ2n) is 9.06. The van der Waals surface area contributed by atoms with E-state index in [0.717, 1.165) is 50.7 Å². The normalized spacial score (nSPS) is 16.4. The zero-order chi connectivity index (χ0) is 22.6. The van der Waals surface area contributed by atoms with Crippen molar-refractivity contribution < 1.29 is 13.9 Å². The van der Waals surface area contributed by atoms with Gasteiger partial charge >= 0.3 is 5.63 Å². The summed E-state index contributed by atoms with van der Waals surface area (Å²) in [5, 5.41) is 12.0. The number of rotatable bonds is 7. The van der Waals surface area contributed by atoms with E-state index >= 15 is 0 Å². The van der Waals surface area contributed by atoms with E-state index in [1.54, 1.807) is 23.5 Å². The molecule has 0 unspecified atom stereocenters. The summed E-state index contributed by atoms with van der Waals surface area (Å²) in [4.78, 5) is 18.8. The molecule has 1 N–H and O–H groups in total. The maximum absolute atomic E-state index is 13.3. The average molecular weight is 480 g/mol. The highest BCUT2D eigenvalue weighted by atomic mass is 32.2. The van der Waals surface area contributed by atoms with Crippen LogP contribution in [0.4, 0.5) is 4.39 Å². The summed E-state index contributed by atoms with van der Waals surface area (Å²) in [7, 11) is 0. The van der Waals surface area contributed by atoms with Crippen molar-refractivity contribution >= 4 is 34.1 Å². The molecule has 4 aromatic rings. The smallest absolute Gasteiger partial charge is 0.336 e. The molecule has 2 aliphatic carbocycles. The minimum atomic E-state index is -0.558. The molecule has 2 aromatic heterocycles. The monoisotopic (exact) mass is 479 g/mol. The van der Waals surface area contributed by atoms with E-state index in [9.17, 15) is 14.3 Å². The fourth-order valence-electron chi connectivity index (χ4n) is 4.66. The van der Waals surface area contributed by atoms with Crippen LogP contribution in [0, 0.1) is 17.7 Å². The first kappa shape index (κ1) is 21.1. The lowest BCUT2D eigenvalue weighted by Crippen LogP contribution is -2.36. The molecule has 4 nitrogen and oxygen atoms in total. The zero-order valence-corrected chi connectivity index (χ0v) is 19.4. The van der Waals surface area contributed by atoms with Crippen molar-refractivity contribution in [1.82, 2.24) is 4.98 Å². The summed E-state index contributed by atoms with van der Waals surface area (Å²) in [5.41, 5.74) is 0.963. The molecule has 33 heavy (non-hydrogen) atoms. The number of halogens is 1. The van der Waals surface area contributed by atoms with Gasteiger partial charge in [-0.05, 0) is 79.0 Å². The topological polar surface area (TPSA) is 63.3 Å². The molecule has 0 spiro atoms. The van der Waals surface area contributed by atoms with Crippen LogP contribution in [0.2, 0.25) is 0 Å². The van der Waals surface area contributed by atoms with Crippen molar-refractivity contribution in [3.05, 3.63) is 75.8 Å². The highest BCUT2D eigenvalue weighted by Crippen LogP contribution is 2.53. The molecule has 0 amide bonds. The molecule has 2 heterocycles. The van der Waals surface area contributed by atoms with Gasteiger partial charge in [0.1, 0.15) is 11.4 Å². The highest BCUT2D eigenvalue weighted by molar-refractivity contribution is 8.01. The standard InChI is InChI=1S/C26H22FNO3S2/c27-18-7-1-15(2-8-18)22-12-24(29)31-23-11-19(9-10-21(22)23)32-25-28-14-20(33-25)13-26(30,16-3-4-16)17-5-6-17/h1-2,7-12,14,16-17,30H,3-6,13H2. The summed E-state index contributed by atoms with van der Waals surface area (Å²) in [6, 6.07) is 13.3. The van der Waals surface area contributed by atoms with Crippen LogP contribution in [0.3, 0.4) is 0 Å². The van der Waals surface area contributed by atoms with Gasteiger partial charge in [0.15, 0.2) is 4.34 Å². The molecule has 2 aliphatic rings. The Morgan fingerprint density at radius 3 is 2.52 bits per heavy atom. The molecule has 2 saturated carbocycles. The van der Waals surface area contributed by atoms with E-state index in [1.165, 1.54) is 30.0 Å². The third-order valence-corrected chi connectivity index (χ3v) is 8.70. The Hall–Kier alpha value is -2.48. The van der Waals surface area contributed by atoms with Gasteiger partial charge in [0.25, 0.3) is 0 Å². The molecule has 0 atom stereocenters. The molecule has 2 fully saturated rings. The van der Waals surface area contributed by atoms with Crippen molar-refractivity contribution in [2.24, 2.45) is 11.8 Å². The van der Waals surface area contributed by atoms with Gasteiger partial charge < -0.3 is 9.52 Å². The molecule has 2 aromatic carbocycles. The Balaban J connectivity index is 1.26. The maximum Gasteiger partial charge on any atom is 0.336 e.